The molecule has 0 aliphatic carbocycles. The molecule has 4 N–H and O–H groups in total. The third-order valence-electron chi connectivity index (χ3n) is 4.58. The lowest BCUT2D eigenvalue weighted by molar-refractivity contribution is 0.0547. The van der Waals surface area contributed by atoms with Gasteiger partial charge in [0, 0.05) is 19.6 Å². The van der Waals surface area contributed by atoms with Gasteiger partial charge in [0.1, 0.15) is 0 Å². The topological polar surface area (TPSA) is 116 Å². The Morgan fingerprint density at radius 1 is 0.684 bits per heavy atom. The maximum absolute atomic E-state index is 14.1. The van der Waals surface area contributed by atoms with Crippen molar-refractivity contribution in [1.29, 1.82) is 0 Å². The highest BCUT2D eigenvalue weighted by Gasteiger charge is 2.28. The molecule has 0 bridgehead atoms. The highest BCUT2D eigenvalue weighted by atomic mass is 19.2. The zero-order chi connectivity index (χ0) is 27.7. The van der Waals surface area contributed by atoms with Crippen LogP contribution >= 0.6 is 0 Å². The number of anilines is 2. The van der Waals surface area contributed by atoms with Gasteiger partial charge in [-0.2, -0.15) is 23.7 Å². The molecule has 0 aliphatic rings. The molecule has 0 fully saturated rings. The van der Waals surface area contributed by atoms with Gasteiger partial charge in [-0.05, 0) is 17.7 Å². The Bertz CT molecular complexity index is 1230. The zero-order valence-electron chi connectivity index (χ0n) is 19.5. The quantitative estimate of drug-likeness (QED) is 0.120. The highest BCUT2D eigenvalue weighted by molar-refractivity contribution is 5.39. The van der Waals surface area contributed by atoms with Crippen LogP contribution in [0, 0.1) is 40.7 Å². The first-order valence-electron chi connectivity index (χ1n) is 10.9. The molecule has 0 radical (unpaired) electrons. The molecule has 1 aromatic heterocycles. The largest absolute Gasteiger partial charge is 0.418 e. The van der Waals surface area contributed by atoms with E-state index in [0.29, 0.717) is 19.8 Å². The molecule has 0 unspecified atom stereocenters. The number of nitrogens with two attached hydrogens (primary N) is 1. The van der Waals surface area contributed by atoms with Crippen LogP contribution in [0.3, 0.4) is 0 Å². The Balaban J connectivity index is 1.77. The number of ether oxygens (including phenoxy) is 3. The molecule has 9 nitrogen and oxygen atoms in total. The number of hydrogen-bond acceptors (Lipinski definition) is 9. The zero-order valence-corrected chi connectivity index (χ0v) is 19.5. The van der Waals surface area contributed by atoms with Crippen LogP contribution in [0.15, 0.2) is 18.2 Å². The summed E-state index contributed by atoms with van der Waals surface area (Å²) >= 11 is 0. The first-order valence-corrected chi connectivity index (χ1v) is 10.9. The van der Waals surface area contributed by atoms with Gasteiger partial charge in [0.25, 0.3) is 0 Å². The van der Waals surface area contributed by atoms with E-state index in [1.807, 2.05) is 0 Å². The van der Waals surface area contributed by atoms with Crippen molar-refractivity contribution >= 4 is 11.9 Å². The third-order valence-corrected chi connectivity index (χ3v) is 4.58. The minimum absolute atomic E-state index is 0.117. The van der Waals surface area contributed by atoms with Gasteiger partial charge in [0.05, 0.1) is 26.4 Å². The van der Waals surface area contributed by atoms with Gasteiger partial charge in [-0.25, -0.2) is 22.0 Å². The Morgan fingerprint density at radius 3 is 1.92 bits per heavy atom. The van der Waals surface area contributed by atoms with Crippen molar-refractivity contribution in [3.8, 4) is 11.8 Å². The molecule has 0 spiro atoms. The van der Waals surface area contributed by atoms with Crippen molar-refractivity contribution in [2.24, 2.45) is 5.73 Å². The predicted octanol–water partition coefficient (Wildman–Crippen LogP) is 3.65. The number of hydrogen-bond donors (Lipinski definition) is 3. The molecule has 1 heterocycles. The number of nitrogens with zero attached hydrogens (tertiary/aromatic N) is 3. The molecule has 0 atom stereocenters. The van der Waals surface area contributed by atoms with Crippen LogP contribution in [0.2, 0.25) is 0 Å². The molecule has 3 aromatic rings. The number of rotatable bonds is 14. The number of halogens is 7. The summed E-state index contributed by atoms with van der Waals surface area (Å²) in [6.07, 6.45) is 0. The molecule has 38 heavy (non-hydrogen) atoms. The third kappa shape index (κ3) is 7.62. The van der Waals surface area contributed by atoms with Crippen molar-refractivity contribution in [3.05, 3.63) is 64.5 Å². The summed E-state index contributed by atoms with van der Waals surface area (Å²) in [5.41, 5.74) is 5.57. The van der Waals surface area contributed by atoms with E-state index in [4.69, 9.17) is 19.9 Å². The monoisotopic (exact) mass is 550 g/mol. The Kier molecular flexibility index (Phi) is 10.4. The Hall–Kier alpha value is -3.76. The fraction of sp³-hybridized carbons (Fsp3) is 0.318. The maximum atomic E-state index is 14.1. The van der Waals surface area contributed by atoms with Crippen molar-refractivity contribution in [2.75, 3.05) is 50.2 Å². The van der Waals surface area contributed by atoms with E-state index in [2.05, 4.69) is 25.6 Å². The van der Waals surface area contributed by atoms with Crippen LogP contribution in [-0.4, -0.2) is 54.5 Å². The predicted molar refractivity (Wildman–Crippen MR) is 119 cm³/mol. The molecular weight excluding hydrogens is 529 g/mol. The Labute approximate surface area is 211 Å². The standard InChI is InChI=1S/C22H21F7N6O3/c23-12-2-1-11(9-13(12)24)10-32-21-33-20(31-4-6-37-8-7-36-5-3-30)34-22(35-21)38-19-17(28)15(26)14(25)16(27)18(19)29/h1-2,9H,3-8,10,30H2,(H2,31,32,33,34,35). The van der Waals surface area contributed by atoms with E-state index in [1.165, 1.54) is 6.07 Å². The second-order valence-electron chi connectivity index (χ2n) is 7.31. The van der Waals surface area contributed by atoms with E-state index in [9.17, 15) is 30.7 Å². The number of benzene rings is 2. The summed E-state index contributed by atoms with van der Waals surface area (Å²) in [6, 6.07) is 2.23. The van der Waals surface area contributed by atoms with E-state index in [0.717, 1.165) is 12.1 Å². The van der Waals surface area contributed by atoms with Gasteiger partial charge < -0.3 is 30.6 Å². The van der Waals surface area contributed by atoms with Crippen molar-refractivity contribution in [3.63, 3.8) is 0 Å². The summed E-state index contributed by atoms with van der Waals surface area (Å²) in [5.74, 6) is -15.6. The van der Waals surface area contributed by atoms with Crippen LogP contribution in [0.25, 0.3) is 0 Å². The van der Waals surface area contributed by atoms with Crippen molar-refractivity contribution in [1.82, 2.24) is 15.0 Å². The summed E-state index contributed by atoms with van der Waals surface area (Å²) in [5, 5.41) is 5.36. The minimum atomic E-state index is -2.37. The molecule has 2 aromatic carbocycles. The van der Waals surface area contributed by atoms with Gasteiger partial charge in [0.2, 0.25) is 46.7 Å². The molecule has 206 valence electrons. The van der Waals surface area contributed by atoms with E-state index >= 15 is 0 Å². The highest BCUT2D eigenvalue weighted by Crippen LogP contribution is 2.32. The van der Waals surface area contributed by atoms with Crippen molar-refractivity contribution < 1.29 is 44.9 Å². The lowest BCUT2D eigenvalue weighted by Gasteiger charge is -2.12. The first-order chi connectivity index (χ1) is 18.2. The molecule has 16 heteroatoms. The lowest BCUT2D eigenvalue weighted by atomic mass is 10.2. The van der Waals surface area contributed by atoms with Crippen LogP contribution in [0.4, 0.5) is 42.6 Å². The Morgan fingerprint density at radius 2 is 1.29 bits per heavy atom. The van der Waals surface area contributed by atoms with E-state index < -0.39 is 52.5 Å². The first kappa shape index (κ1) is 28.8. The van der Waals surface area contributed by atoms with Gasteiger partial charge in [0.15, 0.2) is 11.6 Å². The molecule has 0 saturated heterocycles. The van der Waals surface area contributed by atoms with Crippen LogP contribution in [-0.2, 0) is 16.0 Å². The normalized spacial score (nSPS) is 11.1. The van der Waals surface area contributed by atoms with E-state index in [-0.39, 0.29) is 43.8 Å². The lowest BCUT2D eigenvalue weighted by Crippen LogP contribution is -2.16. The average Bonchev–Trinajstić information content (AvgIpc) is 2.91. The number of aromatic nitrogens is 3. The second-order valence-corrected chi connectivity index (χ2v) is 7.31. The van der Waals surface area contributed by atoms with Gasteiger partial charge in [-0.15, -0.1) is 0 Å². The molecule has 0 aliphatic heterocycles. The maximum Gasteiger partial charge on any atom is 0.328 e. The molecule has 0 saturated carbocycles. The summed E-state index contributed by atoms with van der Waals surface area (Å²) in [6.45, 7) is 1.42. The van der Waals surface area contributed by atoms with Crippen molar-refractivity contribution in [2.45, 2.75) is 6.54 Å². The van der Waals surface area contributed by atoms with E-state index in [1.54, 1.807) is 0 Å². The van der Waals surface area contributed by atoms with Gasteiger partial charge in [-0.1, -0.05) is 6.07 Å². The summed E-state index contributed by atoms with van der Waals surface area (Å²) in [4.78, 5) is 11.5. The van der Waals surface area contributed by atoms with Crippen LogP contribution in [0.1, 0.15) is 5.56 Å². The smallest absolute Gasteiger partial charge is 0.328 e. The van der Waals surface area contributed by atoms with Gasteiger partial charge >= 0.3 is 6.01 Å². The van der Waals surface area contributed by atoms with Crippen LogP contribution in [0.5, 0.6) is 11.8 Å². The van der Waals surface area contributed by atoms with Crippen LogP contribution < -0.4 is 21.1 Å². The second kappa shape index (κ2) is 13.7. The molecule has 0 amide bonds. The SMILES string of the molecule is NCCOCCOCCNc1nc(NCc2ccc(F)c(F)c2)nc(Oc2c(F)c(F)c(F)c(F)c2F)n1. The van der Waals surface area contributed by atoms with Gasteiger partial charge in [-0.3, -0.25) is 0 Å². The summed E-state index contributed by atoms with van der Waals surface area (Å²) < 4.78 is 111. The minimum Gasteiger partial charge on any atom is -0.418 e. The summed E-state index contributed by atoms with van der Waals surface area (Å²) in [7, 11) is 0. The fourth-order valence-corrected chi connectivity index (χ4v) is 2.80. The fourth-order valence-electron chi connectivity index (χ4n) is 2.80. The molecule has 3 rings (SSSR count). The molecular formula is C22H21F7N6O3. The number of nitrogens with one attached hydrogen (secondary N) is 2. The average molecular weight is 550 g/mol.